The number of hydrogen-bond acceptors (Lipinski definition) is 2. The third-order valence-corrected chi connectivity index (χ3v) is 5.93. The minimum atomic E-state index is 0.0931. The van der Waals surface area contributed by atoms with Gasteiger partial charge in [-0.1, -0.05) is 13.8 Å². The van der Waals surface area contributed by atoms with E-state index in [1.54, 1.807) is 0 Å². The summed E-state index contributed by atoms with van der Waals surface area (Å²) in [5, 5.41) is 0. The number of rotatable bonds is 2. The van der Waals surface area contributed by atoms with Gasteiger partial charge in [0.25, 0.3) is 0 Å². The van der Waals surface area contributed by atoms with E-state index in [0.717, 1.165) is 6.42 Å². The minimum Gasteiger partial charge on any atom is -0.372 e. The molecule has 0 radical (unpaired) electrons. The predicted octanol–water partition coefficient (Wildman–Crippen LogP) is 4.85. The molecule has 1 aliphatic carbocycles. The van der Waals surface area contributed by atoms with Crippen LogP contribution in [-0.4, -0.2) is 23.4 Å². The summed E-state index contributed by atoms with van der Waals surface area (Å²) in [5.41, 5.74) is 0.857. The molecule has 20 heavy (non-hydrogen) atoms. The van der Waals surface area contributed by atoms with Crippen LogP contribution in [0.5, 0.6) is 0 Å². The first kappa shape index (κ1) is 14.8. The molecule has 2 heteroatoms. The van der Waals surface area contributed by atoms with Crippen LogP contribution in [0.3, 0.4) is 0 Å². The molecule has 3 fully saturated rings. The summed E-state index contributed by atoms with van der Waals surface area (Å²) < 4.78 is 12.7. The summed E-state index contributed by atoms with van der Waals surface area (Å²) in [6, 6.07) is 0. The Kier molecular flexibility index (Phi) is 3.70. The lowest BCUT2D eigenvalue weighted by molar-refractivity contribution is -0.0999. The van der Waals surface area contributed by atoms with Gasteiger partial charge in [-0.3, -0.25) is 0 Å². The van der Waals surface area contributed by atoms with Crippen LogP contribution in [0, 0.1) is 5.41 Å². The third-order valence-electron chi connectivity index (χ3n) is 5.93. The van der Waals surface area contributed by atoms with Crippen LogP contribution in [-0.2, 0) is 9.47 Å². The zero-order valence-corrected chi connectivity index (χ0v) is 13.8. The van der Waals surface area contributed by atoms with Crippen LogP contribution in [0.4, 0.5) is 0 Å². The van der Waals surface area contributed by atoms with Gasteiger partial charge in [0, 0.05) is 0 Å². The lowest BCUT2D eigenvalue weighted by Gasteiger charge is -2.41. The monoisotopic (exact) mass is 280 g/mol. The Balaban J connectivity index is 1.50. The molecular formula is C18H32O2. The van der Waals surface area contributed by atoms with E-state index in [2.05, 4.69) is 27.7 Å². The van der Waals surface area contributed by atoms with E-state index in [0.29, 0.717) is 17.6 Å². The molecule has 2 nitrogen and oxygen atoms in total. The molecule has 2 unspecified atom stereocenters. The summed E-state index contributed by atoms with van der Waals surface area (Å²) in [4.78, 5) is 0. The first-order chi connectivity index (χ1) is 9.28. The van der Waals surface area contributed by atoms with Crippen LogP contribution in [0.2, 0.25) is 0 Å². The lowest BCUT2D eigenvalue weighted by atomic mass is 9.70. The van der Waals surface area contributed by atoms with Crippen molar-refractivity contribution in [2.24, 2.45) is 5.41 Å². The molecule has 1 saturated carbocycles. The standard InChI is InChI=1S/C18H32O2/c1-16(2)9-11-18(12-10-16)8-6-15(20-18)13-14-5-7-17(3,4)19-14/h14-15H,5-13H2,1-4H3. The van der Waals surface area contributed by atoms with Crippen molar-refractivity contribution in [3.8, 4) is 0 Å². The van der Waals surface area contributed by atoms with Crippen molar-refractivity contribution >= 4 is 0 Å². The summed E-state index contributed by atoms with van der Waals surface area (Å²) >= 11 is 0. The molecule has 3 rings (SSSR count). The van der Waals surface area contributed by atoms with Crippen LogP contribution in [0.25, 0.3) is 0 Å². The van der Waals surface area contributed by atoms with E-state index in [9.17, 15) is 0 Å². The van der Waals surface area contributed by atoms with Crippen molar-refractivity contribution < 1.29 is 9.47 Å². The molecular weight excluding hydrogens is 248 g/mol. The SMILES string of the molecule is CC1(C)CCC2(CCC(CC3CCC(C)(C)O3)O2)CC1. The molecule has 116 valence electrons. The maximum absolute atomic E-state index is 6.53. The highest BCUT2D eigenvalue weighted by atomic mass is 16.5. The van der Waals surface area contributed by atoms with Crippen LogP contribution < -0.4 is 0 Å². The first-order valence-corrected chi connectivity index (χ1v) is 8.63. The topological polar surface area (TPSA) is 18.5 Å². The zero-order valence-electron chi connectivity index (χ0n) is 13.8. The highest BCUT2D eigenvalue weighted by Gasteiger charge is 2.45. The van der Waals surface area contributed by atoms with Crippen LogP contribution in [0.15, 0.2) is 0 Å². The fourth-order valence-corrected chi connectivity index (χ4v) is 4.35. The van der Waals surface area contributed by atoms with Crippen LogP contribution in [0.1, 0.15) is 85.5 Å². The fraction of sp³-hybridized carbons (Fsp3) is 1.00. The van der Waals surface area contributed by atoms with E-state index in [4.69, 9.17) is 9.47 Å². The van der Waals surface area contributed by atoms with Gasteiger partial charge < -0.3 is 9.47 Å². The minimum absolute atomic E-state index is 0.0931. The van der Waals surface area contributed by atoms with E-state index in [1.165, 1.54) is 51.4 Å². The molecule has 0 aromatic heterocycles. The zero-order chi connectivity index (χ0) is 14.4. The Morgan fingerprint density at radius 2 is 1.35 bits per heavy atom. The second-order valence-corrected chi connectivity index (χ2v) is 8.90. The van der Waals surface area contributed by atoms with E-state index >= 15 is 0 Å². The normalized spacial score (nSPS) is 38.4. The van der Waals surface area contributed by atoms with Gasteiger partial charge in [-0.2, -0.15) is 0 Å². The fourth-order valence-electron chi connectivity index (χ4n) is 4.35. The number of ether oxygens (including phenoxy) is 2. The van der Waals surface area contributed by atoms with Crippen LogP contribution >= 0.6 is 0 Å². The predicted molar refractivity (Wildman–Crippen MR) is 81.9 cm³/mol. The van der Waals surface area contributed by atoms with Gasteiger partial charge in [0.1, 0.15) is 0 Å². The molecule has 2 atom stereocenters. The molecule has 0 aromatic rings. The largest absolute Gasteiger partial charge is 0.372 e. The third kappa shape index (κ3) is 3.22. The van der Waals surface area contributed by atoms with Crippen molar-refractivity contribution in [1.82, 2.24) is 0 Å². The summed E-state index contributed by atoms with van der Waals surface area (Å²) in [6.07, 6.45) is 12.1. The van der Waals surface area contributed by atoms with Gasteiger partial charge in [0.15, 0.2) is 0 Å². The van der Waals surface area contributed by atoms with Crippen molar-refractivity contribution in [3.05, 3.63) is 0 Å². The van der Waals surface area contributed by atoms with Crippen molar-refractivity contribution in [1.29, 1.82) is 0 Å². The molecule has 2 saturated heterocycles. The lowest BCUT2D eigenvalue weighted by Crippen LogP contribution is -2.37. The first-order valence-electron chi connectivity index (χ1n) is 8.63. The Bertz CT molecular complexity index is 348. The molecule has 2 heterocycles. The van der Waals surface area contributed by atoms with Gasteiger partial charge in [-0.25, -0.2) is 0 Å². The summed E-state index contributed by atoms with van der Waals surface area (Å²) in [7, 11) is 0. The van der Waals surface area contributed by atoms with E-state index in [-0.39, 0.29) is 11.2 Å². The molecule has 0 bridgehead atoms. The Labute approximate surface area is 124 Å². The molecule has 0 N–H and O–H groups in total. The molecule has 3 aliphatic rings. The van der Waals surface area contributed by atoms with Gasteiger partial charge in [-0.15, -0.1) is 0 Å². The Hall–Kier alpha value is -0.0800. The number of hydrogen-bond donors (Lipinski definition) is 0. The van der Waals surface area contributed by atoms with Crippen molar-refractivity contribution in [3.63, 3.8) is 0 Å². The van der Waals surface area contributed by atoms with Gasteiger partial charge in [0.2, 0.25) is 0 Å². The van der Waals surface area contributed by atoms with Gasteiger partial charge >= 0.3 is 0 Å². The smallest absolute Gasteiger partial charge is 0.0687 e. The highest BCUT2D eigenvalue weighted by molar-refractivity contribution is 4.96. The van der Waals surface area contributed by atoms with Crippen molar-refractivity contribution in [2.45, 2.75) is 109 Å². The average molecular weight is 280 g/mol. The van der Waals surface area contributed by atoms with Crippen molar-refractivity contribution in [2.75, 3.05) is 0 Å². The van der Waals surface area contributed by atoms with Gasteiger partial charge in [-0.05, 0) is 77.0 Å². The molecule has 2 aliphatic heterocycles. The Morgan fingerprint density at radius 3 is 1.95 bits per heavy atom. The molecule has 0 aromatic carbocycles. The summed E-state index contributed by atoms with van der Waals surface area (Å²) in [5.74, 6) is 0. The highest BCUT2D eigenvalue weighted by Crippen LogP contribution is 2.48. The second kappa shape index (κ2) is 4.98. The molecule has 1 spiro atoms. The maximum atomic E-state index is 6.53. The Morgan fingerprint density at radius 1 is 0.750 bits per heavy atom. The molecule has 0 amide bonds. The average Bonchev–Trinajstić information content (AvgIpc) is 2.89. The van der Waals surface area contributed by atoms with E-state index < -0.39 is 0 Å². The van der Waals surface area contributed by atoms with Gasteiger partial charge in [0.05, 0.1) is 23.4 Å². The summed E-state index contributed by atoms with van der Waals surface area (Å²) in [6.45, 7) is 9.24. The quantitative estimate of drug-likeness (QED) is 0.719. The maximum Gasteiger partial charge on any atom is 0.0687 e. The second-order valence-electron chi connectivity index (χ2n) is 8.90. The van der Waals surface area contributed by atoms with E-state index in [1.807, 2.05) is 0 Å².